The molecule has 0 aromatic heterocycles. The maximum atomic E-state index is 13.0. The Bertz CT molecular complexity index is 662. The monoisotopic (exact) mass is 325 g/mol. The zero-order chi connectivity index (χ0) is 16.1. The largest absolute Gasteiger partial charge is 0.484 e. The minimum Gasteiger partial charge on any atom is -0.484 e. The summed E-state index contributed by atoms with van der Waals surface area (Å²) in [5, 5.41) is -0.0652. The molecule has 0 aliphatic rings. The third-order valence-electron chi connectivity index (χ3n) is 3.01. The number of amides is 1. The number of nitrogens with zero attached hydrogens (tertiary/aromatic N) is 1. The van der Waals surface area contributed by atoms with Crippen molar-refractivity contribution < 1.29 is 18.3 Å². The predicted molar refractivity (Wildman–Crippen MR) is 79.8 cm³/mol. The van der Waals surface area contributed by atoms with E-state index in [1.54, 1.807) is 19.2 Å². The smallest absolute Gasteiger partial charge is 0.260 e. The van der Waals surface area contributed by atoms with Crippen LogP contribution in [0.2, 0.25) is 5.02 Å². The van der Waals surface area contributed by atoms with Gasteiger partial charge in [-0.1, -0.05) is 23.7 Å². The zero-order valence-electron chi connectivity index (χ0n) is 11.9. The fraction of sp³-hybridized carbons (Fsp3) is 0.188. The molecule has 6 heteroatoms. The summed E-state index contributed by atoms with van der Waals surface area (Å²) >= 11 is 5.63. The van der Waals surface area contributed by atoms with Crippen molar-refractivity contribution in [1.29, 1.82) is 0 Å². The Morgan fingerprint density at radius 1 is 1.18 bits per heavy atom. The second-order valence-corrected chi connectivity index (χ2v) is 5.15. The number of rotatable bonds is 5. The Morgan fingerprint density at radius 2 is 1.86 bits per heavy atom. The fourth-order valence-electron chi connectivity index (χ4n) is 1.77. The summed E-state index contributed by atoms with van der Waals surface area (Å²) < 4.78 is 31.1. The van der Waals surface area contributed by atoms with Gasteiger partial charge in [-0.15, -0.1) is 0 Å². The Kier molecular flexibility index (Phi) is 5.33. The van der Waals surface area contributed by atoms with Crippen LogP contribution in [-0.4, -0.2) is 24.5 Å². The standard InChI is InChI=1S/C16H14ClF2NO2/c1-20(9-11-2-4-12(18)5-3-11)16(21)10-22-13-6-7-15(19)14(17)8-13/h2-8H,9-10H2,1H3. The van der Waals surface area contributed by atoms with Crippen molar-refractivity contribution in [2.45, 2.75) is 6.54 Å². The molecule has 0 fully saturated rings. The van der Waals surface area contributed by atoms with Gasteiger partial charge in [-0.05, 0) is 29.8 Å². The second-order valence-electron chi connectivity index (χ2n) is 4.74. The molecule has 0 saturated carbocycles. The van der Waals surface area contributed by atoms with Crippen molar-refractivity contribution in [3.8, 4) is 5.75 Å². The molecule has 0 aliphatic carbocycles. The average molecular weight is 326 g/mol. The summed E-state index contributed by atoms with van der Waals surface area (Å²) in [7, 11) is 1.62. The number of ether oxygens (including phenoxy) is 1. The van der Waals surface area contributed by atoms with Crippen molar-refractivity contribution >= 4 is 17.5 Å². The highest BCUT2D eigenvalue weighted by molar-refractivity contribution is 6.30. The van der Waals surface area contributed by atoms with E-state index < -0.39 is 5.82 Å². The minimum atomic E-state index is -0.547. The number of likely N-dealkylation sites (N-methyl/N-ethyl adjacent to an activating group) is 1. The molecule has 0 radical (unpaired) electrons. The highest BCUT2D eigenvalue weighted by atomic mass is 35.5. The molecule has 2 aromatic carbocycles. The predicted octanol–water partition coefficient (Wildman–Crippen LogP) is 3.66. The van der Waals surface area contributed by atoms with Crippen molar-refractivity contribution in [3.05, 3.63) is 64.7 Å². The molecule has 0 saturated heterocycles. The first-order valence-electron chi connectivity index (χ1n) is 6.52. The zero-order valence-corrected chi connectivity index (χ0v) is 12.6. The number of hydrogen-bond donors (Lipinski definition) is 0. The van der Waals surface area contributed by atoms with Crippen LogP contribution >= 0.6 is 11.6 Å². The van der Waals surface area contributed by atoms with Crippen LogP contribution in [0.15, 0.2) is 42.5 Å². The maximum Gasteiger partial charge on any atom is 0.260 e. The van der Waals surface area contributed by atoms with Crippen molar-refractivity contribution in [1.82, 2.24) is 4.90 Å². The van der Waals surface area contributed by atoms with Gasteiger partial charge in [0.2, 0.25) is 0 Å². The van der Waals surface area contributed by atoms with Crippen LogP contribution in [0.3, 0.4) is 0 Å². The van der Waals surface area contributed by atoms with Gasteiger partial charge in [-0.25, -0.2) is 8.78 Å². The summed E-state index contributed by atoms with van der Waals surface area (Å²) in [6.07, 6.45) is 0. The lowest BCUT2D eigenvalue weighted by atomic mass is 10.2. The summed E-state index contributed by atoms with van der Waals surface area (Å²) in [6, 6.07) is 9.78. The van der Waals surface area contributed by atoms with E-state index in [1.807, 2.05) is 0 Å². The number of benzene rings is 2. The van der Waals surface area contributed by atoms with Gasteiger partial charge >= 0.3 is 0 Å². The van der Waals surface area contributed by atoms with E-state index in [-0.39, 0.29) is 23.4 Å². The van der Waals surface area contributed by atoms with Crippen LogP contribution in [0.5, 0.6) is 5.75 Å². The Hall–Kier alpha value is -2.14. The van der Waals surface area contributed by atoms with Crippen LogP contribution in [0.1, 0.15) is 5.56 Å². The molecule has 2 aromatic rings. The van der Waals surface area contributed by atoms with E-state index in [2.05, 4.69) is 0 Å². The lowest BCUT2D eigenvalue weighted by molar-refractivity contribution is -0.132. The average Bonchev–Trinajstić information content (AvgIpc) is 2.50. The van der Waals surface area contributed by atoms with E-state index >= 15 is 0 Å². The van der Waals surface area contributed by atoms with E-state index in [0.29, 0.717) is 12.3 Å². The van der Waals surface area contributed by atoms with E-state index in [9.17, 15) is 13.6 Å². The van der Waals surface area contributed by atoms with Gasteiger partial charge in [-0.3, -0.25) is 4.79 Å². The highest BCUT2D eigenvalue weighted by Crippen LogP contribution is 2.21. The van der Waals surface area contributed by atoms with Gasteiger partial charge in [0.1, 0.15) is 17.4 Å². The molecular formula is C16H14ClF2NO2. The Labute approximate surface area is 132 Å². The Balaban J connectivity index is 1.88. The SMILES string of the molecule is CN(Cc1ccc(F)cc1)C(=O)COc1ccc(F)c(Cl)c1. The lowest BCUT2D eigenvalue weighted by Gasteiger charge is -2.17. The molecule has 3 nitrogen and oxygen atoms in total. The van der Waals surface area contributed by atoms with Gasteiger partial charge < -0.3 is 9.64 Å². The van der Waals surface area contributed by atoms with Gasteiger partial charge in [0.25, 0.3) is 5.91 Å². The number of hydrogen-bond acceptors (Lipinski definition) is 2. The second kappa shape index (κ2) is 7.22. The lowest BCUT2D eigenvalue weighted by Crippen LogP contribution is -2.30. The molecule has 1 amide bonds. The van der Waals surface area contributed by atoms with Crippen LogP contribution in [0.25, 0.3) is 0 Å². The number of carbonyl (C=O) groups excluding carboxylic acids is 1. The molecule has 0 unspecified atom stereocenters. The van der Waals surface area contributed by atoms with Gasteiger partial charge in [0, 0.05) is 19.7 Å². The quantitative estimate of drug-likeness (QED) is 0.839. The first-order valence-corrected chi connectivity index (χ1v) is 6.90. The van der Waals surface area contributed by atoms with Crippen molar-refractivity contribution in [2.24, 2.45) is 0 Å². The molecule has 116 valence electrons. The minimum absolute atomic E-state index is 0.0652. The molecule has 0 aliphatic heterocycles. The van der Waals surface area contributed by atoms with Crippen molar-refractivity contribution in [2.75, 3.05) is 13.7 Å². The third kappa shape index (κ3) is 4.43. The molecule has 0 spiro atoms. The maximum absolute atomic E-state index is 13.0. The first kappa shape index (κ1) is 16.2. The van der Waals surface area contributed by atoms with Crippen molar-refractivity contribution in [3.63, 3.8) is 0 Å². The summed E-state index contributed by atoms with van der Waals surface area (Å²) in [4.78, 5) is 13.4. The van der Waals surface area contributed by atoms with Gasteiger partial charge in [-0.2, -0.15) is 0 Å². The van der Waals surface area contributed by atoms with E-state index in [0.717, 1.165) is 5.56 Å². The third-order valence-corrected chi connectivity index (χ3v) is 3.30. The summed E-state index contributed by atoms with van der Waals surface area (Å²) in [5.74, 6) is -0.817. The van der Waals surface area contributed by atoms with E-state index in [4.69, 9.17) is 16.3 Å². The topological polar surface area (TPSA) is 29.5 Å². The molecule has 0 N–H and O–H groups in total. The van der Waals surface area contributed by atoms with Crippen LogP contribution < -0.4 is 4.74 Å². The highest BCUT2D eigenvalue weighted by Gasteiger charge is 2.11. The number of carbonyl (C=O) groups is 1. The molecule has 0 atom stereocenters. The molecule has 2 rings (SSSR count). The van der Waals surface area contributed by atoms with Gasteiger partial charge in [0.05, 0.1) is 5.02 Å². The first-order chi connectivity index (χ1) is 10.5. The normalized spacial score (nSPS) is 10.4. The molecule has 0 bridgehead atoms. The molecule has 0 heterocycles. The summed E-state index contributed by atoms with van der Waals surface area (Å²) in [5.41, 5.74) is 0.807. The molecular weight excluding hydrogens is 312 g/mol. The van der Waals surface area contributed by atoms with E-state index in [1.165, 1.54) is 35.2 Å². The van der Waals surface area contributed by atoms with Crippen LogP contribution in [0, 0.1) is 11.6 Å². The van der Waals surface area contributed by atoms with Gasteiger partial charge in [0.15, 0.2) is 6.61 Å². The fourth-order valence-corrected chi connectivity index (χ4v) is 1.94. The number of halogens is 3. The molecule has 22 heavy (non-hydrogen) atoms. The Morgan fingerprint density at radius 3 is 2.50 bits per heavy atom. The van der Waals surface area contributed by atoms with Crippen LogP contribution in [-0.2, 0) is 11.3 Å². The summed E-state index contributed by atoms with van der Waals surface area (Å²) in [6.45, 7) is 0.145. The van der Waals surface area contributed by atoms with Crippen LogP contribution in [0.4, 0.5) is 8.78 Å².